The molecule has 1 heterocycles. The quantitative estimate of drug-likeness (QED) is 0.766. The molecule has 0 atom stereocenters. The summed E-state index contributed by atoms with van der Waals surface area (Å²) in [6, 6.07) is 10.2. The summed E-state index contributed by atoms with van der Waals surface area (Å²) in [5.74, 6) is 0.170. The normalized spacial score (nSPS) is 10.4. The van der Waals surface area contributed by atoms with Crippen LogP contribution in [0.5, 0.6) is 11.5 Å². The van der Waals surface area contributed by atoms with Gasteiger partial charge in [-0.15, -0.1) is 5.10 Å². The molecule has 0 saturated carbocycles. The first-order valence-electron chi connectivity index (χ1n) is 6.96. The molecule has 0 aliphatic carbocycles. The van der Waals surface area contributed by atoms with Crippen molar-refractivity contribution in [1.82, 2.24) is 20.2 Å². The van der Waals surface area contributed by atoms with Crippen LogP contribution in [-0.4, -0.2) is 45.5 Å². The van der Waals surface area contributed by atoms with E-state index in [2.05, 4.69) is 15.5 Å². The molecule has 0 saturated heterocycles. The van der Waals surface area contributed by atoms with E-state index in [1.165, 1.54) is 17.1 Å². The summed E-state index contributed by atoms with van der Waals surface area (Å²) in [6.07, 6.45) is 1.40. The zero-order valence-electron chi connectivity index (χ0n) is 13.0. The van der Waals surface area contributed by atoms with Gasteiger partial charge in [-0.1, -0.05) is 0 Å². The Kier molecular flexibility index (Phi) is 4.11. The minimum atomic E-state index is -1.04. The van der Waals surface area contributed by atoms with E-state index in [4.69, 9.17) is 9.47 Å². The number of aromatic carboxylic acids is 1. The minimum absolute atomic E-state index is 0.121. The zero-order valence-corrected chi connectivity index (χ0v) is 13.0. The average Bonchev–Trinajstić information content (AvgIpc) is 3.15. The molecule has 0 aliphatic rings. The van der Waals surface area contributed by atoms with Gasteiger partial charge in [0.2, 0.25) is 0 Å². The molecular weight excluding hydrogens is 312 g/mol. The van der Waals surface area contributed by atoms with Crippen LogP contribution in [0.15, 0.2) is 42.7 Å². The molecule has 8 nitrogen and oxygen atoms in total. The van der Waals surface area contributed by atoms with E-state index < -0.39 is 5.97 Å². The Hall–Kier alpha value is -3.42. The molecule has 24 heavy (non-hydrogen) atoms. The fourth-order valence-corrected chi connectivity index (χ4v) is 2.34. The fourth-order valence-electron chi connectivity index (χ4n) is 2.34. The van der Waals surface area contributed by atoms with E-state index in [9.17, 15) is 9.90 Å². The van der Waals surface area contributed by atoms with E-state index in [-0.39, 0.29) is 5.56 Å². The second-order valence-corrected chi connectivity index (χ2v) is 4.89. The van der Waals surface area contributed by atoms with Crippen LogP contribution in [0.25, 0.3) is 16.8 Å². The van der Waals surface area contributed by atoms with Crippen molar-refractivity contribution in [2.24, 2.45) is 0 Å². The topological polar surface area (TPSA) is 99.4 Å². The van der Waals surface area contributed by atoms with Gasteiger partial charge in [0.05, 0.1) is 25.5 Å². The Balaban J connectivity index is 2.19. The number of carbonyl (C=O) groups is 1. The van der Waals surface area contributed by atoms with Crippen molar-refractivity contribution in [2.75, 3.05) is 14.2 Å². The molecule has 0 aliphatic heterocycles. The first-order chi connectivity index (χ1) is 11.6. The molecule has 0 spiro atoms. The van der Waals surface area contributed by atoms with Crippen LogP contribution in [-0.2, 0) is 0 Å². The number of aromatic nitrogens is 4. The Morgan fingerprint density at radius 3 is 2.58 bits per heavy atom. The van der Waals surface area contributed by atoms with Crippen LogP contribution in [0.1, 0.15) is 10.4 Å². The highest BCUT2D eigenvalue weighted by Gasteiger charge is 2.14. The van der Waals surface area contributed by atoms with Crippen molar-refractivity contribution in [3.63, 3.8) is 0 Å². The maximum absolute atomic E-state index is 11.4. The summed E-state index contributed by atoms with van der Waals surface area (Å²) in [6.45, 7) is 0. The molecule has 0 fully saturated rings. The number of carboxylic acid groups (broad SMARTS) is 1. The number of methoxy groups -OCH3 is 2. The lowest BCUT2D eigenvalue weighted by Gasteiger charge is -2.12. The first-order valence-corrected chi connectivity index (χ1v) is 6.96. The standard InChI is InChI=1S/C16H14N4O4/c1-23-13-3-4-14(15(8-13)24-2)10-5-11(16(21)22)7-12(6-10)20-9-17-18-19-20/h3-9H,1-2H3,(H,21,22). The number of carboxylic acids is 1. The Bertz CT molecular complexity index is 878. The highest BCUT2D eigenvalue weighted by Crippen LogP contribution is 2.34. The number of hydrogen-bond donors (Lipinski definition) is 1. The molecule has 0 amide bonds. The van der Waals surface area contributed by atoms with Gasteiger partial charge < -0.3 is 14.6 Å². The predicted molar refractivity (Wildman–Crippen MR) is 84.7 cm³/mol. The van der Waals surface area contributed by atoms with Gasteiger partial charge in [-0.3, -0.25) is 0 Å². The van der Waals surface area contributed by atoms with Gasteiger partial charge >= 0.3 is 5.97 Å². The zero-order chi connectivity index (χ0) is 17.1. The smallest absolute Gasteiger partial charge is 0.335 e. The summed E-state index contributed by atoms with van der Waals surface area (Å²) in [5, 5.41) is 20.3. The van der Waals surface area contributed by atoms with Gasteiger partial charge in [-0.25, -0.2) is 9.48 Å². The van der Waals surface area contributed by atoms with Gasteiger partial charge in [0, 0.05) is 11.6 Å². The van der Waals surface area contributed by atoms with Gasteiger partial charge in [0.1, 0.15) is 17.8 Å². The number of tetrazole rings is 1. The third kappa shape index (κ3) is 2.89. The maximum atomic E-state index is 11.4. The maximum Gasteiger partial charge on any atom is 0.335 e. The van der Waals surface area contributed by atoms with Crippen LogP contribution in [0.4, 0.5) is 0 Å². The van der Waals surface area contributed by atoms with E-state index in [0.29, 0.717) is 22.7 Å². The van der Waals surface area contributed by atoms with E-state index >= 15 is 0 Å². The van der Waals surface area contributed by atoms with Crippen molar-refractivity contribution in [1.29, 1.82) is 0 Å². The average molecular weight is 326 g/mol. The number of rotatable bonds is 5. The molecule has 0 bridgehead atoms. The third-order valence-corrected chi connectivity index (χ3v) is 3.50. The van der Waals surface area contributed by atoms with Crippen molar-refractivity contribution >= 4 is 5.97 Å². The van der Waals surface area contributed by atoms with Crippen molar-refractivity contribution < 1.29 is 19.4 Å². The van der Waals surface area contributed by atoms with E-state index in [1.807, 2.05) is 6.07 Å². The highest BCUT2D eigenvalue weighted by molar-refractivity contribution is 5.91. The molecule has 0 radical (unpaired) electrons. The van der Waals surface area contributed by atoms with Crippen LogP contribution < -0.4 is 9.47 Å². The third-order valence-electron chi connectivity index (χ3n) is 3.50. The van der Waals surface area contributed by atoms with Crippen molar-refractivity contribution in [3.05, 3.63) is 48.3 Å². The van der Waals surface area contributed by atoms with Gasteiger partial charge in [-0.05, 0) is 46.3 Å². The summed E-state index contributed by atoms with van der Waals surface area (Å²) in [4.78, 5) is 11.4. The van der Waals surface area contributed by atoms with E-state index in [0.717, 1.165) is 5.56 Å². The Morgan fingerprint density at radius 1 is 1.12 bits per heavy atom. The van der Waals surface area contributed by atoms with E-state index in [1.54, 1.807) is 38.5 Å². The first kappa shape index (κ1) is 15.5. The van der Waals surface area contributed by atoms with Crippen LogP contribution in [0, 0.1) is 0 Å². The number of hydrogen-bond acceptors (Lipinski definition) is 6. The highest BCUT2D eigenvalue weighted by atomic mass is 16.5. The molecule has 2 aromatic carbocycles. The second kappa shape index (κ2) is 6.37. The minimum Gasteiger partial charge on any atom is -0.497 e. The van der Waals surface area contributed by atoms with Crippen LogP contribution in [0.3, 0.4) is 0 Å². The van der Waals surface area contributed by atoms with Crippen molar-refractivity contribution in [3.8, 4) is 28.3 Å². The molecular formula is C16H14N4O4. The molecule has 0 unspecified atom stereocenters. The molecule has 3 rings (SSSR count). The summed E-state index contributed by atoms with van der Waals surface area (Å²) >= 11 is 0. The lowest BCUT2D eigenvalue weighted by Crippen LogP contribution is -2.02. The van der Waals surface area contributed by atoms with Gasteiger partial charge in [0.15, 0.2) is 0 Å². The number of nitrogens with zero attached hydrogens (tertiary/aromatic N) is 4. The van der Waals surface area contributed by atoms with Crippen LogP contribution >= 0.6 is 0 Å². The summed E-state index contributed by atoms with van der Waals surface area (Å²) in [7, 11) is 3.11. The SMILES string of the molecule is COc1ccc(-c2cc(C(=O)O)cc(-n3cnnn3)c2)c(OC)c1. The molecule has 1 N–H and O–H groups in total. The van der Waals surface area contributed by atoms with Gasteiger partial charge in [0.25, 0.3) is 0 Å². The molecule has 3 aromatic rings. The lowest BCUT2D eigenvalue weighted by atomic mass is 10.0. The fraction of sp³-hybridized carbons (Fsp3) is 0.125. The van der Waals surface area contributed by atoms with Crippen molar-refractivity contribution in [2.45, 2.75) is 0 Å². The molecule has 8 heteroatoms. The summed E-state index contributed by atoms with van der Waals surface area (Å²) in [5.41, 5.74) is 2.05. The number of benzene rings is 2. The lowest BCUT2D eigenvalue weighted by molar-refractivity contribution is 0.0697. The van der Waals surface area contributed by atoms with Crippen LogP contribution in [0.2, 0.25) is 0 Å². The predicted octanol–water partition coefficient (Wildman–Crippen LogP) is 2.04. The summed E-state index contributed by atoms with van der Waals surface area (Å²) < 4.78 is 12.0. The molecule has 1 aromatic heterocycles. The Labute approximate surface area is 137 Å². The molecule has 122 valence electrons. The second-order valence-electron chi connectivity index (χ2n) is 4.89. The largest absolute Gasteiger partial charge is 0.497 e. The van der Waals surface area contributed by atoms with Gasteiger partial charge in [-0.2, -0.15) is 0 Å². The monoisotopic (exact) mass is 326 g/mol. The number of ether oxygens (including phenoxy) is 2. The Morgan fingerprint density at radius 2 is 1.96 bits per heavy atom.